The zero-order valence-corrected chi connectivity index (χ0v) is 12.2. The lowest BCUT2D eigenvalue weighted by atomic mass is 9.88. The van der Waals surface area contributed by atoms with Gasteiger partial charge in [-0.3, -0.25) is 0 Å². The summed E-state index contributed by atoms with van der Waals surface area (Å²) < 4.78 is 5.95. The van der Waals surface area contributed by atoms with Crippen molar-refractivity contribution in [3.63, 3.8) is 0 Å². The molecule has 1 aliphatic rings. The number of hydrogen-bond donors (Lipinski definition) is 1. The van der Waals surface area contributed by atoms with Gasteiger partial charge in [0.1, 0.15) is 5.54 Å². The van der Waals surface area contributed by atoms with Crippen molar-refractivity contribution in [3.8, 4) is 6.07 Å². The number of rotatable bonds is 7. The average Bonchev–Trinajstić information content (AvgIpc) is 2.40. The maximum Gasteiger partial charge on any atom is 0.106 e. The molecule has 0 spiro atoms. The van der Waals surface area contributed by atoms with Gasteiger partial charge in [-0.05, 0) is 45.1 Å². The molecule has 3 nitrogen and oxygen atoms in total. The largest absolute Gasteiger partial charge is 0.378 e. The fraction of sp³-hybridized carbons (Fsp3) is 0.933. The van der Waals surface area contributed by atoms with Gasteiger partial charge in [0.05, 0.1) is 12.2 Å². The molecule has 0 aromatic carbocycles. The van der Waals surface area contributed by atoms with Crippen molar-refractivity contribution in [2.24, 2.45) is 5.92 Å². The normalized spacial score (nSPS) is 27.4. The van der Waals surface area contributed by atoms with Crippen molar-refractivity contribution in [1.82, 2.24) is 5.32 Å². The van der Waals surface area contributed by atoms with E-state index in [0.717, 1.165) is 31.8 Å². The summed E-state index contributed by atoms with van der Waals surface area (Å²) in [6.07, 6.45) is 8.23. The summed E-state index contributed by atoms with van der Waals surface area (Å²) in [7, 11) is 1.87. The topological polar surface area (TPSA) is 45.0 Å². The molecule has 3 atom stereocenters. The van der Waals surface area contributed by atoms with Crippen molar-refractivity contribution in [2.75, 3.05) is 13.7 Å². The van der Waals surface area contributed by atoms with Gasteiger partial charge in [0.2, 0.25) is 0 Å². The van der Waals surface area contributed by atoms with Crippen LogP contribution in [0.4, 0.5) is 0 Å². The number of hydrogen-bond acceptors (Lipinski definition) is 3. The van der Waals surface area contributed by atoms with Crippen molar-refractivity contribution in [1.29, 1.82) is 5.26 Å². The van der Waals surface area contributed by atoms with Gasteiger partial charge < -0.3 is 10.1 Å². The predicted octanol–water partition coefficient (Wildman–Crippen LogP) is 3.25. The summed E-state index contributed by atoms with van der Waals surface area (Å²) >= 11 is 0. The predicted molar refractivity (Wildman–Crippen MR) is 74.3 cm³/mol. The number of nitriles is 1. The summed E-state index contributed by atoms with van der Waals surface area (Å²) in [5, 5.41) is 12.3. The molecule has 3 unspecified atom stereocenters. The fourth-order valence-corrected chi connectivity index (χ4v) is 2.82. The highest BCUT2D eigenvalue weighted by Crippen LogP contribution is 2.26. The van der Waals surface area contributed by atoms with Crippen molar-refractivity contribution >= 4 is 0 Å². The Labute approximate surface area is 112 Å². The molecule has 1 saturated carbocycles. The zero-order valence-electron chi connectivity index (χ0n) is 12.2. The van der Waals surface area contributed by atoms with Crippen LogP contribution in [0.3, 0.4) is 0 Å². The molecule has 0 aromatic heterocycles. The van der Waals surface area contributed by atoms with Crippen LogP contribution in [-0.4, -0.2) is 25.3 Å². The second-order valence-corrected chi connectivity index (χ2v) is 5.67. The molecule has 18 heavy (non-hydrogen) atoms. The second kappa shape index (κ2) is 7.76. The molecule has 1 rings (SSSR count). The quantitative estimate of drug-likeness (QED) is 0.707. The van der Waals surface area contributed by atoms with Gasteiger partial charge in [-0.25, -0.2) is 0 Å². The third kappa shape index (κ3) is 4.59. The van der Waals surface area contributed by atoms with Crippen LogP contribution in [0.15, 0.2) is 0 Å². The maximum atomic E-state index is 9.21. The maximum absolute atomic E-state index is 9.21. The van der Waals surface area contributed by atoms with E-state index in [1.807, 2.05) is 7.05 Å². The standard InChI is InChI=1S/C15H28N2O/c1-4-15(12-16,17-3)9-6-10-18-14-8-5-7-13(2)11-14/h13-14,17H,4-11H2,1-3H3. The average molecular weight is 252 g/mol. The van der Waals surface area contributed by atoms with Crippen LogP contribution in [0.5, 0.6) is 0 Å². The summed E-state index contributed by atoms with van der Waals surface area (Å²) in [6, 6.07) is 2.39. The van der Waals surface area contributed by atoms with Gasteiger partial charge in [0, 0.05) is 6.61 Å². The first-order chi connectivity index (χ1) is 8.65. The van der Waals surface area contributed by atoms with Gasteiger partial charge in [0.25, 0.3) is 0 Å². The molecule has 1 N–H and O–H groups in total. The molecule has 0 saturated heterocycles. The van der Waals surface area contributed by atoms with Crippen LogP contribution in [0.25, 0.3) is 0 Å². The first-order valence-corrected chi connectivity index (χ1v) is 7.37. The third-order valence-electron chi connectivity index (χ3n) is 4.29. The zero-order chi connectivity index (χ0) is 13.4. The summed E-state index contributed by atoms with van der Waals surface area (Å²) in [6.45, 7) is 5.17. The summed E-state index contributed by atoms with van der Waals surface area (Å²) in [5.74, 6) is 0.815. The molecule has 0 aromatic rings. The smallest absolute Gasteiger partial charge is 0.106 e. The Morgan fingerprint density at radius 2 is 2.22 bits per heavy atom. The number of ether oxygens (including phenoxy) is 1. The van der Waals surface area contributed by atoms with Crippen molar-refractivity contribution in [2.45, 2.75) is 70.4 Å². The summed E-state index contributed by atoms with van der Waals surface area (Å²) in [4.78, 5) is 0. The Bertz CT molecular complexity index is 268. The first kappa shape index (κ1) is 15.5. The lowest BCUT2D eigenvalue weighted by Crippen LogP contribution is -2.41. The Kier molecular flexibility index (Phi) is 6.67. The molecule has 0 bridgehead atoms. The van der Waals surface area contributed by atoms with Crippen molar-refractivity contribution < 1.29 is 4.74 Å². The highest BCUT2D eigenvalue weighted by atomic mass is 16.5. The first-order valence-electron chi connectivity index (χ1n) is 7.37. The van der Waals surface area contributed by atoms with E-state index >= 15 is 0 Å². The van der Waals surface area contributed by atoms with Gasteiger partial charge in [-0.1, -0.05) is 26.7 Å². The Morgan fingerprint density at radius 1 is 1.44 bits per heavy atom. The molecule has 0 heterocycles. The van der Waals surface area contributed by atoms with E-state index < -0.39 is 0 Å². The Morgan fingerprint density at radius 3 is 2.78 bits per heavy atom. The van der Waals surface area contributed by atoms with E-state index in [2.05, 4.69) is 25.2 Å². The lowest BCUT2D eigenvalue weighted by Gasteiger charge is -2.28. The Hall–Kier alpha value is -0.590. The molecule has 1 fully saturated rings. The SMILES string of the molecule is CCC(C#N)(CCCOC1CCCC(C)C1)NC. The fourth-order valence-electron chi connectivity index (χ4n) is 2.82. The molecule has 104 valence electrons. The van der Waals surface area contributed by atoms with Crippen LogP contribution in [-0.2, 0) is 4.74 Å². The van der Waals surface area contributed by atoms with E-state index in [1.165, 1.54) is 25.7 Å². The van der Waals surface area contributed by atoms with Gasteiger partial charge in [-0.2, -0.15) is 5.26 Å². The van der Waals surface area contributed by atoms with Gasteiger partial charge in [-0.15, -0.1) is 0 Å². The van der Waals surface area contributed by atoms with Gasteiger partial charge >= 0.3 is 0 Å². The van der Waals surface area contributed by atoms with Gasteiger partial charge in [0.15, 0.2) is 0 Å². The minimum atomic E-state index is -0.358. The van der Waals surface area contributed by atoms with E-state index in [-0.39, 0.29) is 5.54 Å². The Balaban J connectivity index is 2.20. The van der Waals surface area contributed by atoms with E-state index in [0.29, 0.717) is 6.10 Å². The second-order valence-electron chi connectivity index (χ2n) is 5.67. The number of nitrogens with one attached hydrogen (secondary N) is 1. The lowest BCUT2D eigenvalue weighted by molar-refractivity contribution is 0.0122. The van der Waals surface area contributed by atoms with Crippen LogP contribution in [0.1, 0.15) is 58.8 Å². The highest BCUT2D eigenvalue weighted by Gasteiger charge is 2.25. The van der Waals surface area contributed by atoms with Crippen LogP contribution in [0, 0.1) is 17.2 Å². The summed E-state index contributed by atoms with van der Waals surface area (Å²) in [5.41, 5.74) is -0.358. The molecular weight excluding hydrogens is 224 g/mol. The highest BCUT2D eigenvalue weighted by molar-refractivity contribution is 5.05. The number of nitrogens with zero attached hydrogens (tertiary/aromatic N) is 1. The molecular formula is C15H28N2O. The molecule has 3 heteroatoms. The third-order valence-corrected chi connectivity index (χ3v) is 4.29. The molecule has 0 radical (unpaired) electrons. The van der Waals surface area contributed by atoms with E-state index in [1.54, 1.807) is 0 Å². The minimum absolute atomic E-state index is 0.358. The van der Waals surface area contributed by atoms with Crippen molar-refractivity contribution in [3.05, 3.63) is 0 Å². The van der Waals surface area contributed by atoms with E-state index in [4.69, 9.17) is 4.74 Å². The molecule has 1 aliphatic carbocycles. The molecule has 0 aliphatic heterocycles. The van der Waals surface area contributed by atoms with Crippen LogP contribution in [0.2, 0.25) is 0 Å². The van der Waals surface area contributed by atoms with Crippen LogP contribution < -0.4 is 5.32 Å². The molecule has 0 amide bonds. The monoisotopic (exact) mass is 252 g/mol. The van der Waals surface area contributed by atoms with Crippen LogP contribution >= 0.6 is 0 Å². The minimum Gasteiger partial charge on any atom is -0.378 e. The van der Waals surface area contributed by atoms with E-state index in [9.17, 15) is 5.26 Å².